The Balaban J connectivity index is 0.000000149. The fraction of sp³-hybridized carbons (Fsp3) is 0.0161. The maximum absolute atomic E-state index is 9.94. The summed E-state index contributed by atoms with van der Waals surface area (Å²) in [7, 11) is 0. The molecule has 19 aromatic carbocycles. The van der Waals surface area contributed by atoms with Crippen molar-refractivity contribution in [3.63, 3.8) is 0 Å². The van der Waals surface area contributed by atoms with Crippen molar-refractivity contribution in [1.82, 2.24) is 39.0 Å². The second-order valence-corrected chi connectivity index (χ2v) is 34.1. The summed E-state index contributed by atoms with van der Waals surface area (Å²) in [5.41, 5.74) is 26.5. The topological polar surface area (TPSA) is 134 Å². The number of fused-ring (bicyclic) bond motifs is 10. The minimum Gasteiger partial charge on any atom is -0.457 e. The maximum Gasteiger partial charge on any atom is 0.188 e. The van der Waals surface area contributed by atoms with Crippen molar-refractivity contribution in [1.29, 1.82) is 5.26 Å². The summed E-state index contributed by atoms with van der Waals surface area (Å²) >= 11 is 0. The predicted octanol–water partition coefficient (Wildman–Crippen LogP) is 30.3. The van der Waals surface area contributed by atoms with Crippen LogP contribution in [0.25, 0.3) is 162 Å². The highest BCUT2D eigenvalue weighted by atomic mass is 16.5. The molecule has 0 radical (unpaired) electrons. The number of aromatic nitrogens is 8. The third kappa shape index (κ3) is 14.1. The molecule has 0 N–H and O–H groups in total. The fourth-order valence-electron chi connectivity index (χ4n) is 20.1. The average molecular weight is 1740 g/mol. The van der Waals surface area contributed by atoms with E-state index in [2.05, 4.69) is 329 Å². The van der Waals surface area contributed by atoms with Gasteiger partial charge in [-0.15, -0.1) is 0 Å². The van der Waals surface area contributed by atoms with Crippen LogP contribution in [0.4, 0.5) is 5.69 Å². The highest BCUT2D eigenvalue weighted by Gasteiger charge is 2.48. The van der Waals surface area contributed by atoms with Gasteiger partial charge < -0.3 is 18.6 Å². The average Bonchev–Trinajstić information content (AvgIpc) is 1.00. The second kappa shape index (κ2) is 34.0. The number of para-hydroxylation sites is 2. The Morgan fingerprint density at radius 2 is 0.500 bits per heavy atom. The summed E-state index contributed by atoms with van der Waals surface area (Å²) in [5.74, 6) is 6.68. The number of rotatable bonds is 15. The van der Waals surface area contributed by atoms with Crippen molar-refractivity contribution in [3.05, 3.63) is 535 Å². The maximum atomic E-state index is 9.94. The van der Waals surface area contributed by atoms with Crippen molar-refractivity contribution in [3.8, 4) is 142 Å². The smallest absolute Gasteiger partial charge is 0.188 e. The summed E-state index contributed by atoms with van der Waals surface area (Å²) in [6.45, 7) is 7.86. The quantitative estimate of drug-likeness (QED) is 0.0920. The first-order chi connectivity index (χ1) is 67.3. The van der Waals surface area contributed by atoms with E-state index in [0.29, 0.717) is 51.9 Å². The van der Waals surface area contributed by atoms with Crippen LogP contribution in [0, 0.1) is 17.9 Å². The molecule has 0 bridgehead atoms. The molecule has 0 amide bonds. The molecule has 2 aliphatic rings. The van der Waals surface area contributed by atoms with Crippen LogP contribution in [0.2, 0.25) is 0 Å². The molecule has 0 atom stereocenters. The lowest BCUT2D eigenvalue weighted by Crippen LogP contribution is -2.34. The molecule has 136 heavy (non-hydrogen) atoms. The van der Waals surface area contributed by atoms with Gasteiger partial charge in [0.25, 0.3) is 0 Å². The lowest BCUT2D eigenvalue weighted by Gasteiger charge is -2.42. The monoisotopic (exact) mass is 1740 g/mol. The Bertz CT molecular complexity index is 8440. The fourth-order valence-corrected chi connectivity index (χ4v) is 20.1. The van der Waals surface area contributed by atoms with E-state index < -0.39 is 10.8 Å². The van der Waals surface area contributed by atoms with Crippen molar-refractivity contribution in [2.45, 2.75) is 10.8 Å². The first-order valence-electron chi connectivity index (χ1n) is 45.3. The minimum atomic E-state index is -0.762. The van der Waals surface area contributed by atoms with Crippen LogP contribution in [0.1, 0.15) is 50.1 Å². The molecule has 2 aliphatic heterocycles. The molecular formula is C124H78N10O2. The number of nitrogens with zero attached hydrogens (tertiary/aromatic N) is 10. The number of nitriles is 1. The van der Waals surface area contributed by atoms with E-state index in [0.717, 1.165) is 184 Å². The zero-order chi connectivity index (χ0) is 90.6. The zero-order valence-electron chi connectivity index (χ0n) is 73.3. The molecular weight excluding hydrogens is 1660 g/mol. The van der Waals surface area contributed by atoms with Gasteiger partial charge in [0.05, 0.1) is 51.1 Å². The van der Waals surface area contributed by atoms with E-state index in [1.165, 1.54) is 0 Å². The van der Waals surface area contributed by atoms with Gasteiger partial charge in [0.1, 0.15) is 23.0 Å². The Morgan fingerprint density at radius 3 is 0.897 bits per heavy atom. The first kappa shape index (κ1) is 80.7. The lowest BCUT2D eigenvalue weighted by molar-refractivity contribution is 0.434. The SMILES string of the molecule is N#Cc1ccc2c(c1)c1cc(-c3ccc4c(c3)Oc3cc(-c5nc(-c6ccccc6)nc(-c6ccccc6)n5)ccc3C4(c3ccccc3)c3ccccc3)ccc1n2-c1ccccc1.[C-]#[N+]c1ccc2c(c1)c1cc(-c3ccc4c(c3)C(c3ccccc3)(c3ccccc3)c3cc(-c5ccc(-c6nc(-c7ccccc7)nc(-c7ccccc7)n6)cc5)ccc3O4)ccc1n2-c1ccccc1. The summed E-state index contributed by atoms with van der Waals surface area (Å²) < 4.78 is 18.7. The molecule has 23 aromatic rings. The molecule has 636 valence electrons. The summed E-state index contributed by atoms with van der Waals surface area (Å²) in [4.78, 5) is 33.8. The van der Waals surface area contributed by atoms with E-state index in [9.17, 15) is 5.26 Å². The van der Waals surface area contributed by atoms with E-state index in [1.54, 1.807) is 0 Å². The van der Waals surface area contributed by atoms with Gasteiger partial charge in [0.2, 0.25) is 0 Å². The number of benzene rings is 19. The molecule has 0 saturated carbocycles. The molecule has 0 unspecified atom stereocenters. The molecule has 12 heteroatoms. The van der Waals surface area contributed by atoms with Crippen LogP contribution in [-0.2, 0) is 10.8 Å². The van der Waals surface area contributed by atoms with Gasteiger partial charge in [0, 0.05) is 83.2 Å². The third-order valence-electron chi connectivity index (χ3n) is 26.4. The van der Waals surface area contributed by atoms with Crippen molar-refractivity contribution < 1.29 is 9.47 Å². The molecule has 12 nitrogen and oxygen atoms in total. The van der Waals surface area contributed by atoms with Gasteiger partial charge in [-0.1, -0.05) is 358 Å². The third-order valence-corrected chi connectivity index (χ3v) is 26.4. The van der Waals surface area contributed by atoms with E-state index in [4.69, 9.17) is 45.9 Å². The molecule has 0 fully saturated rings. The number of ether oxygens (including phenoxy) is 2. The van der Waals surface area contributed by atoms with Gasteiger partial charge in [-0.2, -0.15) is 5.26 Å². The van der Waals surface area contributed by atoms with Crippen molar-refractivity contribution in [2.24, 2.45) is 0 Å². The zero-order valence-corrected chi connectivity index (χ0v) is 73.3. The van der Waals surface area contributed by atoms with E-state index in [-0.39, 0.29) is 0 Å². The molecule has 0 saturated heterocycles. The Labute approximate surface area is 785 Å². The van der Waals surface area contributed by atoms with Crippen LogP contribution in [-0.4, -0.2) is 39.0 Å². The Morgan fingerprint density at radius 1 is 0.228 bits per heavy atom. The largest absolute Gasteiger partial charge is 0.457 e. The number of hydrogen-bond acceptors (Lipinski definition) is 9. The highest BCUT2D eigenvalue weighted by Crippen LogP contribution is 2.59. The van der Waals surface area contributed by atoms with Gasteiger partial charge in [-0.05, 0) is 176 Å². The van der Waals surface area contributed by atoms with Gasteiger partial charge in [-0.25, -0.2) is 34.7 Å². The van der Waals surface area contributed by atoms with Gasteiger partial charge >= 0.3 is 0 Å². The summed E-state index contributed by atoms with van der Waals surface area (Å²) in [6.07, 6.45) is 0. The highest BCUT2D eigenvalue weighted by molar-refractivity contribution is 6.13. The second-order valence-electron chi connectivity index (χ2n) is 34.1. The molecule has 6 heterocycles. The first-order valence-corrected chi connectivity index (χ1v) is 45.3. The van der Waals surface area contributed by atoms with Crippen LogP contribution in [0.15, 0.2) is 473 Å². The van der Waals surface area contributed by atoms with E-state index in [1.807, 2.05) is 164 Å². The normalized spacial score (nSPS) is 12.5. The van der Waals surface area contributed by atoms with Crippen molar-refractivity contribution in [2.75, 3.05) is 0 Å². The Kier molecular flexibility index (Phi) is 20.2. The minimum absolute atomic E-state index is 0.552. The van der Waals surface area contributed by atoms with Gasteiger partial charge in [0.15, 0.2) is 40.6 Å². The van der Waals surface area contributed by atoms with Crippen LogP contribution in [0.5, 0.6) is 23.0 Å². The predicted molar refractivity (Wildman–Crippen MR) is 545 cm³/mol. The number of hydrogen-bond donors (Lipinski definition) is 0. The van der Waals surface area contributed by atoms with Crippen LogP contribution < -0.4 is 9.47 Å². The molecule has 4 aromatic heterocycles. The molecule has 0 aliphatic carbocycles. The lowest BCUT2D eigenvalue weighted by atomic mass is 9.63. The molecule has 0 spiro atoms. The Hall–Kier alpha value is -18.6. The van der Waals surface area contributed by atoms with Crippen molar-refractivity contribution >= 4 is 49.3 Å². The van der Waals surface area contributed by atoms with E-state index >= 15 is 0 Å². The van der Waals surface area contributed by atoms with Crippen LogP contribution >= 0.6 is 0 Å². The van der Waals surface area contributed by atoms with Gasteiger partial charge in [-0.3, -0.25) is 0 Å². The van der Waals surface area contributed by atoms with Crippen LogP contribution in [0.3, 0.4) is 0 Å². The summed E-state index contributed by atoms with van der Waals surface area (Å²) in [6, 6.07) is 166. The summed E-state index contributed by atoms with van der Waals surface area (Å²) in [5, 5.41) is 14.2. The standard InChI is InChI=1S/C65H41N5O.C59H37N5O/c1-66-52-34-36-59-55(42-52)54-39-47(31-35-58(54)70(59)53-25-15-6-16-26-53)49-33-38-61-57(41-49)65(50-21-11-4-12-22-50,51-23-13-5-14-24-51)56-40-48(32-37-60(56)71-61)43-27-29-46(30-28-43)64-68-62(44-17-7-2-8-18-44)67-63(69-64)45-19-9-3-10-20-45;60-38-39-26-32-52-48(34-39)49-35-42(29-33-53(49)64(52)47-24-14-5-15-25-47)43-27-30-50-54(36-43)65-55-37-44(28-31-51(55)59(50,45-20-10-3-11-21-45)46-22-12-4-13-23-46)58-62-56(40-16-6-1-7-17-40)61-57(63-58)41-18-8-2-9-19-41/h2-42H;1-37H. The molecule has 25 rings (SSSR count).